The third-order valence-electron chi connectivity index (χ3n) is 2.57. The van der Waals surface area contributed by atoms with Crippen molar-refractivity contribution in [3.8, 4) is 0 Å². The number of hydrogen-bond donors (Lipinski definition) is 0. The van der Waals surface area contributed by atoms with Crippen molar-refractivity contribution in [3.63, 3.8) is 0 Å². The number of alkyl halides is 2. The minimum atomic E-state index is -2.64. The summed E-state index contributed by atoms with van der Waals surface area (Å²) in [5, 5.41) is 0.292. The highest BCUT2D eigenvalue weighted by Crippen LogP contribution is 2.33. The van der Waals surface area contributed by atoms with Gasteiger partial charge in [0.25, 0.3) is 5.92 Å². The molecule has 1 aliphatic rings. The average molecular weight is 257 g/mol. The molecule has 7 heteroatoms. The van der Waals surface area contributed by atoms with E-state index in [4.69, 9.17) is 11.6 Å². The first-order valence-corrected chi connectivity index (χ1v) is 5.33. The highest BCUT2D eigenvalue weighted by molar-refractivity contribution is 6.29. The molecule has 0 unspecified atom stereocenters. The van der Waals surface area contributed by atoms with Crippen LogP contribution in [0.3, 0.4) is 0 Å². The van der Waals surface area contributed by atoms with Gasteiger partial charge >= 0.3 is 0 Å². The van der Waals surface area contributed by atoms with E-state index in [9.17, 15) is 8.78 Å². The molecule has 0 aromatic carbocycles. The molecule has 0 N–H and O–H groups in total. The summed E-state index contributed by atoms with van der Waals surface area (Å²) in [7, 11) is 0. The van der Waals surface area contributed by atoms with Crippen LogP contribution in [0, 0.1) is 0 Å². The summed E-state index contributed by atoms with van der Waals surface area (Å²) in [5.41, 5.74) is 1.05. The van der Waals surface area contributed by atoms with Crippen LogP contribution in [0.2, 0.25) is 5.15 Å². The third kappa shape index (κ3) is 1.78. The summed E-state index contributed by atoms with van der Waals surface area (Å²) >= 11 is 5.78. The first kappa shape index (κ1) is 10.6. The first-order valence-electron chi connectivity index (χ1n) is 4.95. The quantitative estimate of drug-likeness (QED) is 0.733. The number of hydrogen-bond acceptors (Lipinski definition) is 4. The van der Waals surface area contributed by atoms with Crippen LogP contribution in [0.5, 0.6) is 0 Å². The maximum Gasteiger partial charge on any atom is 0.282 e. The van der Waals surface area contributed by atoms with Crippen molar-refractivity contribution >= 4 is 28.5 Å². The predicted molar refractivity (Wildman–Crippen MR) is 59.5 cm³/mol. The van der Waals surface area contributed by atoms with Gasteiger partial charge in [0.1, 0.15) is 17.0 Å². The van der Waals surface area contributed by atoms with Gasteiger partial charge in [0.2, 0.25) is 0 Å². The zero-order chi connectivity index (χ0) is 12.0. The number of rotatable bonds is 1. The highest BCUT2D eigenvalue weighted by Gasteiger charge is 2.45. The maximum absolute atomic E-state index is 12.8. The fourth-order valence-electron chi connectivity index (χ4n) is 1.80. The number of halogens is 3. The molecule has 0 atom stereocenters. The van der Waals surface area contributed by atoms with Crippen molar-refractivity contribution in [1.29, 1.82) is 0 Å². The van der Waals surface area contributed by atoms with Crippen LogP contribution in [-0.4, -0.2) is 34.0 Å². The van der Waals surface area contributed by atoms with Crippen molar-refractivity contribution in [2.45, 2.75) is 5.92 Å². The Morgan fingerprint density at radius 3 is 2.71 bits per heavy atom. The lowest BCUT2D eigenvalue weighted by Gasteiger charge is -2.39. The molecule has 0 amide bonds. The zero-order valence-corrected chi connectivity index (χ0v) is 9.32. The number of anilines is 1. The van der Waals surface area contributed by atoms with Crippen molar-refractivity contribution in [2.75, 3.05) is 18.0 Å². The Morgan fingerprint density at radius 2 is 2.00 bits per heavy atom. The minimum absolute atomic E-state index is 0.292. The average Bonchev–Trinajstić information content (AvgIpc) is 2.25. The van der Waals surface area contributed by atoms with Crippen LogP contribution in [0.1, 0.15) is 0 Å². The van der Waals surface area contributed by atoms with Gasteiger partial charge in [-0.25, -0.2) is 23.7 Å². The summed E-state index contributed by atoms with van der Waals surface area (Å²) in [6.45, 7) is -0.680. The maximum atomic E-state index is 12.8. The molecular weight excluding hydrogens is 250 g/mol. The number of fused-ring (bicyclic) bond motifs is 1. The number of pyridine rings is 1. The molecule has 3 heterocycles. The molecule has 2 aromatic rings. The summed E-state index contributed by atoms with van der Waals surface area (Å²) < 4.78 is 25.6. The lowest BCUT2D eigenvalue weighted by molar-refractivity contribution is -0.0265. The third-order valence-corrected chi connectivity index (χ3v) is 2.78. The molecule has 4 nitrogen and oxygen atoms in total. The van der Waals surface area contributed by atoms with E-state index in [-0.39, 0.29) is 13.1 Å². The molecule has 0 saturated carbocycles. The SMILES string of the molecule is FC1(F)CN(c2ncnc3ccc(Cl)nc23)C1. The Balaban J connectivity index is 2.08. The molecule has 17 heavy (non-hydrogen) atoms. The molecule has 0 radical (unpaired) electrons. The minimum Gasteiger partial charge on any atom is -0.342 e. The van der Waals surface area contributed by atoms with E-state index >= 15 is 0 Å². The van der Waals surface area contributed by atoms with E-state index in [0.29, 0.717) is 22.0 Å². The van der Waals surface area contributed by atoms with E-state index in [0.717, 1.165) is 0 Å². The van der Waals surface area contributed by atoms with E-state index in [2.05, 4.69) is 15.0 Å². The van der Waals surface area contributed by atoms with Gasteiger partial charge < -0.3 is 4.90 Å². The molecule has 1 aliphatic heterocycles. The van der Waals surface area contributed by atoms with E-state index in [1.807, 2.05) is 0 Å². The van der Waals surface area contributed by atoms with Gasteiger partial charge in [-0.15, -0.1) is 0 Å². The Kier molecular flexibility index (Phi) is 2.16. The van der Waals surface area contributed by atoms with Crippen LogP contribution in [0.25, 0.3) is 11.0 Å². The number of nitrogens with zero attached hydrogens (tertiary/aromatic N) is 4. The second kappa shape index (κ2) is 3.46. The molecule has 88 valence electrons. The Hall–Kier alpha value is -1.56. The molecule has 0 spiro atoms. The fraction of sp³-hybridized carbons (Fsp3) is 0.300. The van der Waals surface area contributed by atoms with Crippen LogP contribution in [-0.2, 0) is 0 Å². The molecule has 0 bridgehead atoms. The van der Waals surface area contributed by atoms with Crippen LogP contribution >= 0.6 is 11.6 Å². The predicted octanol–water partition coefficient (Wildman–Crippen LogP) is 2.13. The Labute approximate surface area is 100 Å². The van der Waals surface area contributed by atoms with Crippen molar-refractivity contribution < 1.29 is 8.78 Å². The van der Waals surface area contributed by atoms with Crippen LogP contribution in [0.4, 0.5) is 14.6 Å². The lowest BCUT2D eigenvalue weighted by Crippen LogP contribution is -2.56. The monoisotopic (exact) mass is 256 g/mol. The van der Waals surface area contributed by atoms with Gasteiger partial charge in [0.05, 0.1) is 18.6 Å². The van der Waals surface area contributed by atoms with Gasteiger partial charge in [-0.05, 0) is 12.1 Å². The van der Waals surface area contributed by atoms with Crippen LogP contribution in [0.15, 0.2) is 18.5 Å². The van der Waals surface area contributed by atoms with E-state index in [1.54, 1.807) is 12.1 Å². The highest BCUT2D eigenvalue weighted by atomic mass is 35.5. The second-order valence-corrected chi connectivity index (χ2v) is 4.30. The van der Waals surface area contributed by atoms with Crippen molar-refractivity contribution in [3.05, 3.63) is 23.6 Å². The first-order chi connectivity index (χ1) is 8.05. The molecule has 3 rings (SSSR count). The normalized spacial score (nSPS) is 18.2. The topological polar surface area (TPSA) is 41.9 Å². The summed E-state index contributed by atoms with van der Waals surface area (Å²) in [6.07, 6.45) is 1.34. The van der Waals surface area contributed by atoms with E-state index < -0.39 is 5.92 Å². The van der Waals surface area contributed by atoms with Gasteiger partial charge in [-0.1, -0.05) is 11.6 Å². The molecule has 1 fully saturated rings. The Bertz CT molecular complexity index is 582. The molecular formula is C10H7ClF2N4. The van der Waals surface area contributed by atoms with Gasteiger partial charge in [0.15, 0.2) is 5.82 Å². The Morgan fingerprint density at radius 1 is 1.24 bits per heavy atom. The largest absolute Gasteiger partial charge is 0.342 e. The summed E-state index contributed by atoms with van der Waals surface area (Å²) in [6, 6.07) is 3.29. The van der Waals surface area contributed by atoms with E-state index in [1.165, 1.54) is 11.2 Å². The van der Waals surface area contributed by atoms with Gasteiger partial charge in [-0.2, -0.15) is 0 Å². The van der Waals surface area contributed by atoms with Crippen LogP contribution < -0.4 is 4.90 Å². The second-order valence-electron chi connectivity index (χ2n) is 3.91. The lowest BCUT2D eigenvalue weighted by atomic mass is 10.1. The molecule has 1 saturated heterocycles. The zero-order valence-electron chi connectivity index (χ0n) is 8.57. The fourth-order valence-corrected chi connectivity index (χ4v) is 1.94. The number of aromatic nitrogens is 3. The standard InChI is InChI=1S/C10H7ClF2N4/c11-7-2-1-6-8(16-7)9(15-5-14-6)17-3-10(12,13)4-17/h1-2,5H,3-4H2. The van der Waals surface area contributed by atoms with Crippen molar-refractivity contribution in [1.82, 2.24) is 15.0 Å². The molecule has 0 aliphatic carbocycles. The van der Waals surface area contributed by atoms with Gasteiger partial charge in [-0.3, -0.25) is 0 Å². The smallest absolute Gasteiger partial charge is 0.282 e. The summed E-state index contributed by atoms with van der Waals surface area (Å²) in [5.74, 6) is -2.24. The molecule has 2 aromatic heterocycles. The van der Waals surface area contributed by atoms with Crippen molar-refractivity contribution in [2.24, 2.45) is 0 Å². The summed E-state index contributed by atoms with van der Waals surface area (Å²) in [4.78, 5) is 13.6. The van der Waals surface area contributed by atoms with Gasteiger partial charge in [0, 0.05) is 0 Å².